The molecule has 0 heterocycles. The Bertz CT molecular complexity index is 712. The van der Waals surface area contributed by atoms with E-state index in [9.17, 15) is 4.79 Å². The Hall–Kier alpha value is -2.49. The SMILES string of the molecule is CCC(Oc1ccccc1C)C(=O)NCCOc1ccccc1C(C)C. The predicted molar refractivity (Wildman–Crippen MR) is 105 cm³/mol. The zero-order valence-corrected chi connectivity index (χ0v) is 16.1. The first-order valence-electron chi connectivity index (χ1n) is 9.24. The molecule has 0 aliphatic rings. The third-order valence-electron chi connectivity index (χ3n) is 4.23. The standard InChI is InChI=1S/C22H29NO3/c1-5-19(26-20-12-8-6-10-17(20)4)22(24)23-14-15-25-21-13-9-7-11-18(21)16(2)3/h6-13,16,19H,5,14-15H2,1-4H3,(H,23,24). The van der Waals surface area contributed by atoms with Crippen LogP contribution in [-0.2, 0) is 4.79 Å². The molecule has 1 amide bonds. The molecule has 0 aromatic heterocycles. The summed E-state index contributed by atoms with van der Waals surface area (Å²) in [4.78, 5) is 12.4. The molecule has 1 N–H and O–H groups in total. The van der Waals surface area contributed by atoms with Gasteiger partial charge in [0.2, 0.25) is 0 Å². The summed E-state index contributed by atoms with van der Waals surface area (Å²) in [6.45, 7) is 9.06. The summed E-state index contributed by atoms with van der Waals surface area (Å²) in [5.74, 6) is 1.90. The Kier molecular flexibility index (Phi) is 7.52. The molecule has 4 nitrogen and oxygen atoms in total. The second-order valence-corrected chi connectivity index (χ2v) is 6.61. The third kappa shape index (κ3) is 5.51. The van der Waals surface area contributed by atoms with Crippen LogP contribution in [0.4, 0.5) is 0 Å². The van der Waals surface area contributed by atoms with Gasteiger partial charge >= 0.3 is 0 Å². The zero-order chi connectivity index (χ0) is 18.9. The third-order valence-corrected chi connectivity index (χ3v) is 4.23. The van der Waals surface area contributed by atoms with Gasteiger partial charge in [-0.3, -0.25) is 4.79 Å². The Balaban J connectivity index is 1.83. The molecular weight excluding hydrogens is 326 g/mol. The van der Waals surface area contributed by atoms with Crippen LogP contribution in [0.15, 0.2) is 48.5 Å². The maximum Gasteiger partial charge on any atom is 0.261 e. The Labute approximate surface area is 156 Å². The lowest BCUT2D eigenvalue weighted by Crippen LogP contribution is -2.39. The number of hydrogen-bond donors (Lipinski definition) is 1. The van der Waals surface area contributed by atoms with Gasteiger partial charge in [0.1, 0.15) is 18.1 Å². The van der Waals surface area contributed by atoms with Crippen molar-refractivity contribution in [1.29, 1.82) is 0 Å². The molecule has 0 radical (unpaired) electrons. The zero-order valence-electron chi connectivity index (χ0n) is 16.1. The van der Waals surface area contributed by atoms with Gasteiger partial charge in [-0.2, -0.15) is 0 Å². The molecule has 2 aromatic rings. The van der Waals surface area contributed by atoms with Crippen molar-refractivity contribution < 1.29 is 14.3 Å². The number of aryl methyl sites for hydroxylation is 1. The molecule has 26 heavy (non-hydrogen) atoms. The maximum atomic E-state index is 12.4. The first kappa shape index (κ1) is 19.8. The highest BCUT2D eigenvalue weighted by atomic mass is 16.5. The summed E-state index contributed by atoms with van der Waals surface area (Å²) in [6, 6.07) is 15.7. The Morgan fingerprint density at radius 2 is 1.69 bits per heavy atom. The summed E-state index contributed by atoms with van der Waals surface area (Å²) in [6.07, 6.45) is 0.107. The van der Waals surface area contributed by atoms with Gasteiger partial charge in [-0.1, -0.05) is 57.2 Å². The summed E-state index contributed by atoms with van der Waals surface area (Å²) in [5, 5.41) is 2.90. The molecule has 1 atom stereocenters. The molecule has 0 aliphatic carbocycles. The van der Waals surface area contributed by atoms with Crippen molar-refractivity contribution in [1.82, 2.24) is 5.32 Å². The van der Waals surface area contributed by atoms with E-state index in [1.54, 1.807) is 0 Å². The predicted octanol–water partition coefficient (Wildman–Crippen LogP) is 4.47. The monoisotopic (exact) mass is 355 g/mol. The highest BCUT2D eigenvalue weighted by Crippen LogP contribution is 2.25. The molecular formula is C22H29NO3. The molecule has 0 fully saturated rings. The van der Waals surface area contributed by atoms with Crippen molar-refractivity contribution in [2.24, 2.45) is 0 Å². The lowest BCUT2D eigenvalue weighted by atomic mass is 10.0. The number of nitrogens with one attached hydrogen (secondary N) is 1. The van der Waals surface area contributed by atoms with Crippen LogP contribution in [0, 0.1) is 6.92 Å². The van der Waals surface area contributed by atoms with E-state index >= 15 is 0 Å². The van der Waals surface area contributed by atoms with E-state index in [0.29, 0.717) is 25.5 Å². The molecule has 0 bridgehead atoms. The number of benzene rings is 2. The molecule has 4 heteroatoms. The Morgan fingerprint density at radius 1 is 1.04 bits per heavy atom. The van der Waals surface area contributed by atoms with Crippen LogP contribution < -0.4 is 14.8 Å². The largest absolute Gasteiger partial charge is 0.491 e. The van der Waals surface area contributed by atoms with Crippen LogP contribution in [0.2, 0.25) is 0 Å². The fraction of sp³-hybridized carbons (Fsp3) is 0.409. The van der Waals surface area contributed by atoms with Crippen molar-refractivity contribution in [3.63, 3.8) is 0 Å². The fourth-order valence-corrected chi connectivity index (χ4v) is 2.70. The van der Waals surface area contributed by atoms with Gasteiger partial charge in [-0.05, 0) is 42.5 Å². The van der Waals surface area contributed by atoms with Gasteiger partial charge in [-0.15, -0.1) is 0 Å². The average Bonchev–Trinajstić information content (AvgIpc) is 2.64. The summed E-state index contributed by atoms with van der Waals surface area (Å²) in [7, 11) is 0. The minimum atomic E-state index is -0.501. The number of ether oxygens (including phenoxy) is 2. The maximum absolute atomic E-state index is 12.4. The van der Waals surface area contributed by atoms with Gasteiger partial charge in [-0.25, -0.2) is 0 Å². The minimum absolute atomic E-state index is 0.114. The van der Waals surface area contributed by atoms with Crippen molar-refractivity contribution in [2.45, 2.75) is 46.1 Å². The van der Waals surface area contributed by atoms with Gasteiger partial charge < -0.3 is 14.8 Å². The average molecular weight is 355 g/mol. The number of hydrogen-bond acceptors (Lipinski definition) is 3. The minimum Gasteiger partial charge on any atom is -0.491 e. The van der Waals surface area contributed by atoms with Crippen molar-refractivity contribution in [3.05, 3.63) is 59.7 Å². The van der Waals surface area contributed by atoms with Crippen molar-refractivity contribution in [3.8, 4) is 11.5 Å². The molecule has 140 valence electrons. The van der Waals surface area contributed by atoms with E-state index in [4.69, 9.17) is 9.47 Å². The molecule has 1 unspecified atom stereocenters. The molecule has 0 spiro atoms. The van der Waals surface area contributed by atoms with E-state index in [1.165, 1.54) is 5.56 Å². The van der Waals surface area contributed by atoms with E-state index in [1.807, 2.05) is 56.3 Å². The number of rotatable bonds is 9. The smallest absolute Gasteiger partial charge is 0.261 e. The van der Waals surface area contributed by atoms with Gasteiger partial charge in [0.15, 0.2) is 6.10 Å². The van der Waals surface area contributed by atoms with E-state index in [2.05, 4.69) is 25.2 Å². The lowest BCUT2D eigenvalue weighted by Gasteiger charge is -2.19. The van der Waals surface area contributed by atoms with Crippen LogP contribution in [0.25, 0.3) is 0 Å². The molecule has 0 saturated heterocycles. The quantitative estimate of drug-likeness (QED) is 0.675. The molecule has 2 rings (SSSR count). The molecule has 0 aliphatic heterocycles. The first-order chi connectivity index (χ1) is 12.5. The van der Waals surface area contributed by atoms with Crippen molar-refractivity contribution >= 4 is 5.91 Å². The fourth-order valence-electron chi connectivity index (χ4n) is 2.70. The number of para-hydroxylation sites is 2. The Morgan fingerprint density at radius 3 is 2.35 bits per heavy atom. The highest BCUT2D eigenvalue weighted by Gasteiger charge is 2.18. The second-order valence-electron chi connectivity index (χ2n) is 6.61. The topological polar surface area (TPSA) is 47.6 Å². The van der Waals surface area contributed by atoms with Crippen molar-refractivity contribution in [2.75, 3.05) is 13.2 Å². The van der Waals surface area contributed by atoms with Crippen LogP contribution in [0.3, 0.4) is 0 Å². The molecule has 2 aromatic carbocycles. The van der Waals surface area contributed by atoms with Crippen LogP contribution >= 0.6 is 0 Å². The summed E-state index contributed by atoms with van der Waals surface area (Å²) in [5.41, 5.74) is 2.19. The normalized spacial score (nSPS) is 11.9. The van der Waals surface area contributed by atoms with Crippen LogP contribution in [-0.4, -0.2) is 25.2 Å². The second kappa shape index (κ2) is 9.85. The highest BCUT2D eigenvalue weighted by molar-refractivity contribution is 5.81. The van der Waals surface area contributed by atoms with Gasteiger partial charge in [0.25, 0.3) is 5.91 Å². The van der Waals surface area contributed by atoms with E-state index in [-0.39, 0.29) is 5.91 Å². The van der Waals surface area contributed by atoms with Crippen LogP contribution in [0.1, 0.15) is 44.2 Å². The van der Waals surface area contributed by atoms with E-state index < -0.39 is 6.10 Å². The number of carbonyl (C=O) groups is 1. The van der Waals surface area contributed by atoms with Crippen LogP contribution in [0.5, 0.6) is 11.5 Å². The molecule has 0 saturated carbocycles. The number of amides is 1. The lowest BCUT2D eigenvalue weighted by molar-refractivity contribution is -0.128. The first-order valence-corrected chi connectivity index (χ1v) is 9.24. The van der Waals surface area contributed by atoms with Gasteiger partial charge in [0.05, 0.1) is 6.54 Å². The van der Waals surface area contributed by atoms with E-state index in [0.717, 1.165) is 17.1 Å². The number of carbonyl (C=O) groups excluding carboxylic acids is 1. The summed E-state index contributed by atoms with van der Waals surface area (Å²) >= 11 is 0. The van der Waals surface area contributed by atoms with Gasteiger partial charge in [0, 0.05) is 0 Å². The summed E-state index contributed by atoms with van der Waals surface area (Å²) < 4.78 is 11.7.